The molecule has 0 saturated carbocycles. The van der Waals surface area contributed by atoms with Crippen molar-refractivity contribution < 1.29 is 0 Å². The van der Waals surface area contributed by atoms with Gasteiger partial charge in [-0.1, -0.05) is 12.2 Å². The Bertz CT molecular complexity index is 1530. The van der Waals surface area contributed by atoms with Gasteiger partial charge in [0, 0.05) is 64.8 Å². The first-order chi connectivity index (χ1) is 18.1. The molecule has 0 aliphatic carbocycles. The summed E-state index contributed by atoms with van der Waals surface area (Å²) in [7, 11) is -0.461. The third-order valence-electron chi connectivity index (χ3n) is 6.34. The molecule has 5 aromatic heterocycles. The summed E-state index contributed by atoms with van der Waals surface area (Å²) in [5.41, 5.74) is 8.41. The molecule has 6 heterocycles. The van der Waals surface area contributed by atoms with Crippen LogP contribution in [0.4, 0.5) is 0 Å². The predicted molar refractivity (Wildman–Crippen MR) is 144 cm³/mol. The van der Waals surface area contributed by atoms with Crippen molar-refractivity contribution in [3.63, 3.8) is 0 Å². The van der Waals surface area contributed by atoms with Crippen molar-refractivity contribution in [3.8, 4) is 22.5 Å². The maximum Gasteiger partial charge on any atom is 0.569 e. The van der Waals surface area contributed by atoms with Crippen LogP contribution >= 0.6 is 0 Å². The van der Waals surface area contributed by atoms with Crippen molar-refractivity contribution in [1.29, 1.82) is 0 Å². The first-order valence-corrected chi connectivity index (χ1v) is 12.0. The summed E-state index contributed by atoms with van der Waals surface area (Å²) in [6.07, 6.45) is 13.1. The first-order valence-electron chi connectivity index (χ1n) is 12.0. The van der Waals surface area contributed by atoms with Crippen LogP contribution in [0.15, 0.2) is 85.6 Å². The minimum absolute atomic E-state index is 0.461. The van der Waals surface area contributed by atoms with Gasteiger partial charge in [-0.25, -0.2) is 0 Å². The third kappa shape index (κ3) is 4.26. The Morgan fingerprint density at radius 2 is 1.22 bits per heavy atom. The summed E-state index contributed by atoms with van der Waals surface area (Å²) >= 11 is 0. The number of aromatic nitrogens is 8. The Balaban J connectivity index is 1.52. The second kappa shape index (κ2) is 9.38. The smallest absolute Gasteiger partial charge is 0.382 e. The van der Waals surface area contributed by atoms with Gasteiger partial charge in [-0.15, -0.1) is 0 Å². The molecule has 5 aromatic rings. The van der Waals surface area contributed by atoms with Gasteiger partial charge in [0.1, 0.15) is 0 Å². The van der Waals surface area contributed by atoms with Crippen LogP contribution in [-0.4, -0.2) is 46.2 Å². The number of allylic oxidation sites excluding steroid dienone is 2. The molecule has 1 aliphatic heterocycles. The fourth-order valence-corrected chi connectivity index (χ4v) is 4.48. The SMILES string of the molecule is Cc1cc(C2=CN[CH]C=C2)nn1B(n1nc(-c2cccnc2)cc1C)n1nc(-c2cccnc2)cc1C. The van der Waals surface area contributed by atoms with Gasteiger partial charge in [0.15, 0.2) is 0 Å². The lowest BCUT2D eigenvalue weighted by Crippen LogP contribution is -2.45. The van der Waals surface area contributed by atoms with E-state index in [1.54, 1.807) is 12.4 Å². The fraction of sp³-hybridized carbons (Fsp3) is 0.111. The minimum Gasteiger partial charge on any atom is -0.382 e. The van der Waals surface area contributed by atoms with Crippen molar-refractivity contribution in [2.45, 2.75) is 20.8 Å². The Hall–Kier alpha value is -4.73. The highest BCUT2D eigenvalue weighted by Gasteiger charge is 2.33. The highest BCUT2D eigenvalue weighted by molar-refractivity contribution is 6.53. The molecule has 0 aromatic carbocycles. The topological polar surface area (TPSA) is 91.3 Å². The summed E-state index contributed by atoms with van der Waals surface area (Å²) in [4.78, 5) is 8.54. The summed E-state index contributed by atoms with van der Waals surface area (Å²) in [6, 6.07) is 14.1. The summed E-state index contributed by atoms with van der Waals surface area (Å²) in [5.74, 6) is 0. The molecule has 0 atom stereocenters. The molecule has 0 fully saturated rings. The molecule has 181 valence electrons. The molecule has 0 saturated heterocycles. The van der Waals surface area contributed by atoms with Crippen LogP contribution < -0.4 is 5.32 Å². The number of nitrogens with zero attached hydrogens (tertiary/aromatic N) is 8. The number of nitrogens with one attached hydrogen (secondary N) is 1. The van der Waals surface area contributed by atoms with E-state index in [0.717, 1.165) is 50.9 Å². The minimum atomic E-state index is -0.461. The number of dihydropyridines is 1. The molecule has 6 rings (SSSR count). The molecular formula is C27H25BN9. The van der Waals surface area contributed by atoms with Gasteiger partial charge in [-0.05, 0) is 63.2 Å². The van der Waals surface area contributed by atoms with E-state index in [1.807, 2.05) is 89.2 Å². The Morgan fingerprint density at radius 3 is 1.68 bits per heavy atom. The lowest BCUT2D eigenvalue weighted by molar-refractivity contribution is 0.740. The van der Waals surface area contributed by atoms with Gasteiger partial charge in [-0.2, -0.15) is 15.3 Å². The fourth-order valence-electron chi connectivity index (χ4n) is 4.48. The summed E-state index contributed by atoms with van der Waals surface area (Å²) in [6.45, 7) is 8.04. The average Bonchev–Trinajstić information content (AvgIpc) is 3.64. The Morgan fingerprint density at radius 1 is 0.703 bits per heavy atom. The lowest BCUT2D eigenvalue weighted by atomic mass is 9.93. The Labute approximate surface area is 215 Å². The number of hydrogen-bond donors (Lipinski definition) is 1. The molecule has 1 aliphatic rings. The van der Waals surface area contributed by atoms with Crippen LogP contribution in [0, 0.1) is 27.3 Å². The number of pyridine rings is 2. The highest BCUT2D eigenvalue weighted by atomic mass is 15.5. The molecule has 1 N–H and O–H groups in total. The van der Waals surface area contributed by atoms with E-state index in [2.05, 4.69) is 40.4 Å². The molecule has 0 unspecified atom stereocenters. The maximum atomic E-state index is 5.03. The van der Waals surface area contributed by atoms with E-state index in [9.17, 15) is 0 Å². The van der Waals surface area contributed by atoms with Gasteiger partial charge >= 0.3 is 7.12 Å². The predicted octanol–water partition coefficient (Wildman–Crippen LogP) is 3.92. The van der Waals surface area contributed by atoms with E-state index >= 15 is 0 Å². The molecule has 10 heteroatoms. The zero-order valence-corrected chi connectivity index (χ0v) is 20.8. The van der Waals surface area contributed by atoms with Gasteiger partial charge in [-0.3, -0.25) is 23.7 Å². The van der Waals surface area contributed by atoms with Crippen LogP contribution in [0.25, 0.3) is 28.1 Å². The van der Waals surface area contributed by atoms with Crippen LogP contribution in [0.5, 0.6) is 0 Å². The Kier molecular flexibility index (Phi) is 5.76. The highest BCUT2D eigenvalue weighted by Crippen LogP contribution is 2.23. The van der Waals surface area contributed by atoms with Crippen molar-refractivity contribution in [1.82, 2.24) is 44.4 Å². The number of aryl methyl sites for hydroxylation is 3. The van der Waals surface area contributed by atoms with E-state index in [4.69, 9.17) is 15.3 Å². The second-order valence-corrected chi connectivity index (χ2v) is 8.97. The van der Waals surface area contributed by atoms with Gasteiger partial charge < -0.3 is 5.32 Å². The molecule has 0 bridgehead atoms. The van der Waals surface area contributed by atoms with E-state index in [0.29, 0.717) is 0 Å². The van der Waals surface area contributed by atoms with Crippen molar-refractivity contribution in [2.75, 3.05) is 0 Å². The standard InChI is InChI=1S/C27H25BN9/c1-19-13-25(22-7-4-10-29-16-22)32-35(19)28(36-20(2)14-26(33-36)23-8-5-11-30-17-23)37-21(3)15-27(34-37)24-9-6-12-31-18-24/h4-18,29H,1-3H3. The maximum absolute atomic E-state index is 5.03. The first kappa shape index (κ1) is 22.7. The summed E-state index contributed by atoms with van der Waals surface area (Å²) in [5, 5.41) is 18.2. The van der Waals surface area contributed by atoms with Crippen LogP contribution in [-0.2, 0) is 0 Å². The molecule has 0 spiro atoms. The average molecular weight is 486 g/mol. The molecule has 1 radical (unpaired) electrons. The quantitative estimate of drug-likeness (QED) is 0.366. The van der Waals surface area contributed by atoms with Crippen LogP contribution in [0.2, 0.25) is 0 Å². The van der Waals surface area contributed by atoms with E-state index in [1.165, 1.54) is 0 Å². The molecule has 37 heavy (non-hydrogen) atoms. The van der Waals surface area contributed by atoms with Crippen molar-refractivity contribution in [2.24, 2.45) is 0 Å². The van der Waals surface area contributed by atoms with Crippen LogP contribution in [0.1, 0.15) is 22.8 Å². The molecule has 9 nitrogen and oxygen atoms in total. The zero-order chi connectivity index (χ0) is 25.4. The summed E-state index contributed by atoms with van der Waals surface area (Å²) < 4.78 is 5.91. The zero-order valence-electron chi connectivity index (χ0n) is 20.8. The van der Waals surface area contributed by atoms with E-state index in [-0.39, 0.29) is 0 Å². The second-order valence-electron chi connectivity index (χ2n) is 8.97. The molecular weight excluding hydrogens is 461 g/mol. The lowest BCUT2D eigenvalue weighted by Gasteiger charge is -2.18. The largest absolute Gasteiger partial charge is 0.569 e. The van der Waals surface area contributed by atoms with Crippen molar-refractivity contribution >= 4 is 12.7 Å². The third-order valence-corrected chi connectivity index (χ3v) is 6.34. The monoisotopic (exact) mass is 486 g/mol. The normalized spacial score (nSPS) is 12.9. The van der Waals surface area contributed by atoms with Crippen molar-refractivity contribution in [3.05, 3.63) is 115 Å². The van der Waals surface area contributed by atoms with Gasteiger partial charge in [0.05, 0.1) is 23.6 Å². The number of hydrogen-bond acceptors (Lipinski definition) is 6. The van der Waals surface area contributed by atoms with Gasteiger partial charge in [0.2, 0.25) is 0 Å². The van der Waals surface area contributed by atoms with E-state index < -0.39 is 7.12 Å². The number of rotatable bonds is 6. The van der Waals surface area contributed by atoms with Crippen LogP contribution in [0.3, 0.4) is 0 Å². The van der Waals surface area contributed by atoms with Gasteiger partial charge in [0.25, 0.3) is 0 Å². The molecule has 0 amide bonds.